The Morgan fingerprint density at radius 3 is 2.62 bits per heavy atom. The van der Waals surface area contributed by atoms with Gasteiger partial charge in [0.1, 0.15) is 0 Å². The van der Waals surface area contributed by atoms with Crippen LogP contribution in [0.2, 0.25) is 0 Å². The van der Waals surface area contributed by atoms with Gasteiger partial charge in [0.2, 0.25) is 0 Å². The van der Waals surface area contributed by atoms with E-state index in [1.54, 1.807) is 0 Å². The van der Waals surface area contributed by atoms with Crippen LogP contribution < -0.4 is 11.1 Å². The van der Waals surface area contributed by atoms with Crippen molar-refractivity contribution in [1.29, 1.82) is 0 Å². The Balaban J connectivity index is 0.000000845. The lowest BCUT2D eigenvalue weighted by atomic mass is 10.2. The smallest absolute Gasteiger partial charge is 0.188 e. The fraction of sp³-hybridized carbons (Fsp3) is 0.889. The van der Waals surface area contributed by atoms with E-state index >= 15 is 0 Å². The van der Waals surface area contributed by atoms with Crippen molar-refractivity contribution in [2.24, 2.45) is 22.6 Å². The molecule has 0 heterocycles. The standard InChI is InChI=1S/C9H17N3.HI/c1-2-11-9(10)12-8-6-4-3-5-7(6)8;/h6-8H,2-5H2,1H3,(H3,10,11,12);1H. The van der Waals surface area contributed by atoms with Crippen molar-refractivity contribution in [3.8, 4) is 0 Å². The van der Waals surface area contributed by atoms with Gasteiger partial charge in [-0.05, 0) is 31.6 Å². The summed E-state index contributed by atoms with van der Waals surface area (Å²) in [4.78, 5) is 4.12. The minimum absolute atomic E-state index is 0. The third kappa shape index (κ3) is 2.27. The number of nitrogens with zero attached hydrogens (tertiary/aromatic N) is 1. The van der Waals surface area contributed by atoms with Gasteiger partial charge in [0.25, 0.3) is 0 Å². The summed E-state index contributed by atoms with van der Waals surface area (Å²) in [6.45, 7) is 2.78. The van der Waals surface area contributed by atoms with E-state index in [4.69, 9.17) is 5.73 Å². The first-order chi connectivity index (χ1) is 5.83. The van der Waals surface area contributed by atoms with Crippen LogP contribution in [0.3, 0.4) is 0 Å². The minimum Gasteiger partial charge on any atom is -0.370 e. The van der Waals surface area contributed by atoms with Crippen LogP contribution in [0.5, 0.6) is 0 Å². The fourth-order valence-corrected chi connectivity index (χ4v) is 2.42. The number of aliphatic imine (C=N–C) groups is 1. The first-order valence-corrected chi connectivity index (χ1v) is 4.89. The van der Waals surface area contributed by atoms with Crippen LogP contribution in [0.4, 0.5) is 0 Å². The molecule has 0 spiro atoms. The summed E-state index contributed by atoms with van der Waals surface area (Å²) in [7, 11) is 0. The second kappa shape index (κ2) is 4.48. The van der Waals surface area contributed by atoms with Gasteiger partial charge in [-0.15, -0.1) is 24.0 Å². The third-order valence-electron chi connectivity index (χ3n) is 3.05. The normalized spacial score (nSPS) is 36.4. The van der Waals surface area contributed by atoms with E-state index in [0.717, 1.165) is 18.4 Å². The number of nitrogens with two attached hydrogens (primary N) is 1. The molecule has 3 N–H and O–H groups in total. The molecule has 2 aliphatic rings. The lowest BCUT2D eigenvalue weighted by molar-refractivity contribution is 0.634. The van der Waals surface area contributed by atoms with E-state index in [0.29, 0.717) is 12.0 Å². The maximum atomic E-state index is 5.67. The van der Waals surface area contributed by atoms with Crippen LogP contribution in [0.25, 0.3) is 0 Å². The van der Waals surface area contributed by atoms with Gasteiger partial charge in [-0.25, -0.2) is 0 Å². The Morgan fingerprint density at radius 2 is 2.08 bits per heavy atom. The number of guanidine groups is 1. The number of hydrogen-bond donors (Lipinski definition) is 2. The molecule has 13 heavy (non-hydrogen) atoms. The highest BCUT2D eigenvalue weighted by Crippen LogP contribution is 2.51. The predicted octanol–water partition coefficient (Wildman–Crippen LogP) is 1.33. The van der Waals surface area contributed by atoms with Crippen LogP contribution in [0.15, 0.2) is 4.99 Å². The summed E-state index contributed by atoms with van der Waals surface area (Å²) in [6, 6.07) is 0.661. The molecule has 2 rings (SSSR count). The van der Waals surface area contributed by atoms with Gasteiger partial charge in [0, 0.05) is 12.6 Å². The second-order valence-electron chi connectivity index (χ2n) is 3.79. The average Bonchev–Trinajstić information content (AvgIpc) is 2.51. The molecule has 0 bridgehead atoms. The topological polar surface area (TPSA) is 50.4 Å². The van der Waals surface area contributed by atoms with E-state index in [1.807, 2.05) is 6.92 Å². The number of fused-ring (bicyclic) bond motifs is 1. The van der Waals surface area contributed by atoms with Gasteiger partial charge in [-0.3, -0.25) is 4.99 Å². The summed E-state index contributed by atoms with van der Waals surface area (Å²) in [6.07, 6.45) is 4.20. The number of hydrogen-bond acceptors (Lipinski definition) is 1. The molecule has 2 fully saturated rings. The van der Waals surface area contributed by atoms with Crippen LogP contribution >= 0.6 is 24.0 Å². The Hall–Kier alpha value is 0. The Bertz CT molecular complexity index is 195. The average molecular weight is 295 g/mol. The molecule has 2 atom stereocenters. The number of halogens is 1. The summed E-state index contributed by atoms with van der Waals surface area (Å²) < 4.78 is 0. The summed E-state index contributed by atoms with van der Waals surface area (Å²) in [5, 5.41) is 3.28. The first kappa shape index (κ1) is 11.1. The highest BCUT2D eigenvalue weighted by atomic mass is 127. The first-order valence-electron chi connectivity index (χ1n) is 4.89. The minimum atomic E-state index is 0. The van der Waals surface area contributed by atoms with Crippen molar-refractivity contribution in [3.05, 3.63) is 0 Å². The molecule has 2 aliphatic carbocycles. The Labute approximate surface area is 96.6 Å². The van der Waals surface area contributed by atoms with Crippen molar-refractivity contribution in [1.82, 2.24) is 5.32 Å². The molecule has 0 amide bonds. The van der Waals surface area contributed by atoms with Gasteiger partial charge in [0.15, 0.2) is 5.96 Å². The highest BCUT2D eigenvalue weighted by Gasteiger charge is 2.52. The molecule has 0 aromatic carbocycles. The number of rotatable bonds is 2. The lowest BCUT2D eigenvalue weighted by Gasteiger charge is -2.06. The maximum absolute atomic E-state index is 5.67. The molecule has 2 unspecified atom stereocenters. The maximum Gasteiger partial charge on any atom is 0.188 e. The highest BCUT2D eigenvalue weighted by molar-refractivity contribution is 14.0. The molecular formula is C9H18IN3. The van der Waals surface area contributed by atoms with Crippen LogP contribution in [0, 0.1) is 11.8 Å². The molecule has 3 nitrogen and oxygen atoms in total. The monoisotopic (exact) mass is 295 g/mol. The van der Waals surface area contributed by atoms with E-state index < -0.39 is 0 Å². The fourth-order valence-electron chi connectivity index (χ4n) is 2.42. The quantitative estimate of drug-likeness (QED) is 0.459. The lowest BCUT2D eigenvalue weighted by Crippen LogP contribution is -2.35. The van der Waals surface area contributed by atoms with E-state index in [1.165, 1.54) is 19.3 Å². The molecular weight excluding hydrogens is 277 g/mol. The molecule has 0 radical (unpaired) electrons. The van der Waals surface area contributed by atoms with Crippen LogP contribution in [-0.4, -0.2) is 18.5 Å². The van der Waals surface area contributed by atoms with Gasteiger partial charge in [0.05, 0.1) is 0 Å². The van der Waals surface area contributed by atoms with E-state index in [2.05, 4.69) is 10.3 Å². The van der Waals surface area contributed by atoms with Gasteiger partial charge >= 0.3 is 0 Å². The third-order valence-corrected chi connectivity index (χ3v) is 3.05. The van der Waals surface area contributed by atoms with Crippen molar-refractivity contribution in [2.75, 3.05) is 6.54 Å². The van der Waals surface area contributed by atoms with E-state index in [9.17, 15) is 0 Å². The Morgan fingerprint density at radius 1 is 1.46 bits per heavy atom. The van der Waals surface area contributed by atoms with Crippen LogP contribution in [-0.2, 0) is 0 Å². The Kier molecular flexibility index (Phi) is 3.82. The molecule has 2 saturated carbocycles. The molecule has 0 aliphatic heterocycles. The summed E-state index contributed by atoms with van der Waals surface area (Å²) in [5.74, 6) is 2.46. The zero-order chi connectivity index (χ0) is 8.55. The van der Waals surface area contributed by atoms with Crippen LogP contribution in [0.1, 0.15) is 26.2 Å². The van der Waals surface area contributed by atoms with Gasteiger partial charge < -0.3 is 11.1 Å². The molecule has 0 saturated heterocycles. The zero-order valence-electron chi connectivity index (χ0n) is 7.99. The summed E-state index contributed by atoms with van der Waals surface area (Å²) >= 11 is 0. The molecule has 76 valence electrons. The SMILES string of the molecule is CCN=C(N)NC1C2CCCC21.I. The molecule has 0 aromatic rings. The van der Waals surface area contributed by atoms with Gasteiger partial charge in [-0.1, -0.05) is 6.42 Å². The summed E-state index contributed by atoms with van der Waals surface area (Å²) in [5.41, 5.74) is 5.67. The predicted molar refractivity (Wildman–Crippen MR) is 65.3 cm³/mol. The van der Waals surface area contributed by atoms with Gasteiger partial charge in [-0.2, -0.15) is 0 Å². The largest absolute Gasteiger partial charge is 0.370 e. The van der Waals surface area contributed by atoms with Crippen molar-refractivity contribution in [3.63, 3.8) is 0 Å². The van der Waals surface area contributed by atoms with Crippen molar-refractivity contribution in [2.45, 2.75) is 32.2 Å². The second-order valence-corrected chi connectivity index (χ2v) is 3.79. The molecule has 4 heteroatoms. The van der Waals surface area contributed by atoms with E-state index in [-0.39, 0.29) is 24.0 Å². The zero-order valence-corrected chi connectivity index (χ0v) is 10.3. The van der Waals surface area contributed by atoms with Crippen molar-refractivity contribution >= 4 is 29.9 Å². The number of nitrogens with one attached hydrogen (secondary N) is 1. The molecule has 0 aromatic heterocycles. The van der Waals surface area contributed by atoms with Crippen molar-refractivity contribution < 1.29 is 0 Å².